The standard InChI is InChI=1S/C33H25F3N2O2S2/c1-19(2)33(35,36)40-24-11-6-21(7-12-24)29-16-17-30(41-29)27-15-14-26(31-32(27)38-42-37-31)25-13-8-22(18-28(25)34)20-4-9-23(39-3)10-5-20/h4-19H,1-3H3. The van der Waals surface area contributed by atoms with E-state index in [0.29, 0.717) is 22.2 Å². The van der Waals surface area contributed by atoms with Crippen LogP contribution in [-0.4, -0.2) is 22.0 Å². The molecule has 0 saturated carbocycles. The maximum Gasteiger partial charge on any atom is 0.400 e. The van der Waals surface area contributed by atoms with Crippen molar-refractivity contribution < 1.29 is 22.6 Å². The van der Waals surface area contributed by atoms with Crippen LogP contribution in [-0.2, 0) is 0 Å². The molecule has 0 aliphatic heterocycles. The molecule has 4 aromatic carbocycles. The summed E-state index contributed by atoms with van der Waals surface area (Å²) < 4.78 is 62.6. The SMILES string of the molecule is COc1ccc(-c2ccc(-c3ccc(-c4ccc(-c5ccc(OC(F)(F)C(C)C)cc5)s4)c4nsnc34)c(F)c2)cc1. The van der Waals surface area contributed by atoms with Crippen LogP contribution in [0.15, 0.2) is 91.0 Å². The lowest BCUT2D eigenvalue weighted by molar-refractivity contribution is -0.207. The van der Waals surface area contributed by atoms with E-state index in [9.17, 15) is 8.78 Å². The third-order valence-electron chi connectivity index (χ3n) is 7.03. The quantitative estimate of drug-likeness (QED) is 0.174. The van der Waals surface area contributed by atoms with E-state index in [1.54, 1.807) is 48.8 Å². The third-order valence-corrected chi connectivity index (χ3v) is 8.73. The molecule has 2 aromatic heterocycles. The average molecular weight is 603 g/mol. The van der Waals surface area contributed by atoms with Crippen LogP contribution in [0, 0.1) is 11.7 Å². The molecule has 6 rings (SSSR count). The van der Waals surface area contributed by atoms with E-state index in [-0.39, 0.29) is 11.6 Å². The van der Waals surface area contributed by atoms with E-state index in [0.717, 1.165) is 49.5 Å². The molecule has 0 N–H and O–H groups in total. The summed E-state index contributed by atoms with van der Waals surface area (Å²) in [5, 5.41) is 0. The number of aromatic nitrogens is 2. The van der Waals surface area contributed by atoms with Crippen LogP contribution in [0.3, 0.4) is 0 Å². The van der Waals surface area contributed by atoms with Gasteiger partial charge in [0.15, 0.2) is 0 Å². The van der Waals surface area contributed by atoms with E-state index in [2.05, 4.69) is 8.75 Å². The fourth-order valence-corrected chi connectivity index (χ4v) is 6.19. The van der Waals surface area contributed by atoms with Gasteiger partial charge in [-0.1, -0.05) is 50.2 Å². The highest BCUT2D eigenvalue weighted by molar-refractivity contribution is 7.19. The monoisotopic (exact) mass is 602 g/mol. The summed E-state index contributed by atoms with van der Waals surface area (Å²) in [7, 11) is 1.61. The Morgan fingerprint density at radius 1 is 0.667 bits per heavy atom. The molecule has 0 radical (unpaired) electrons. The van der Waals surface area contributed by atoms with Gasteiger partial charge in [0, 0.05) is 26.4 Å². The second kappa shape index (κ2) is 11.2. The van der Waals surface area contributed by atoms with Gasteiger partial charge in [-0.15, -0.1) is 11.3 Å². The van der Waals surface area contributed by atoms with Crippen molar-refractivity contribution in [2.45, 2.75) is 20.0 Å². The van der Waals surface area contributed by atoms with Gasteiger partial charge in [-0.3, -0.25) is 0 Å². The van der Waals surface area contributed by atoms with Crippen LogP contribution in [0.2, 0.25) is 0 Å². The number of benzene rings is 4. The molecule has 4 nitrogen and oxygen atoms in total. The van der Waals surface area contributed by atoms with E-state index < -0.39 is 12.0 Å². The number of hydrogen-bond acceptors (Lipinski definition) is 6. The first-order chi connectivity index (χ1) is 20.2. The lowest BCUT2D eigenvalue weighted by Crippen LogP contribution is -2.31. The molecule has 212 valence electrons. The van der Waals surface area contributed by atoms with Crippen LogP contribution in [0.25, 0.3) is 54.2 Å². The van der Waals surface area contributed by atoms with Crippen molar-refractivity contribution in [3.05, 3.63) is 96.8 Å². The largest absolute Gasteiger partial charge is 0.497 e. The Bertz CT molecular complexity index is 1860. The number of thiophene rings is 1. The van der Waals surface area contributed by atoms with Gasteiger partial charge < -0.3 is 9.47 Å². The molecule has 6 aromatic rings. The molecule has 0 aliphatic carbocycles. The first kappa shape index (κ1) is 27.9. The van der Waals surface area contributed by atoms with Gasteiger partial charge in [-0.2, -0.15) is 17.5 Å². The van der Waals surface area contributed by atoms with Crippen LogP contribution in [0.5, 0.6) is 11.5 Å². The molecular weight excluding hydrogens is 578 g/mol. The minimum atomic E-state index is -3.24. The molecule has 0 unspecified atom stereocenters. The summed E-state index contributed by atoms with van der Waals surface area (Å²) in [6.45, 7) is 2.83. The molecule has 0 saturated heterocycles. The van der Waals surface area contributed by atoms with Crippen molar-refractivity contribution in [2.75, 3.05) is 7.11 Å². The predicted molar refractivity (Wildman–Crippen MR) is 164 cm³/mol. The molecule has 0 aliphatic rings. The Labute approximate surface area is 249 Å². The third kappa shape index (κ3) is 5.37. The Hall–Kier alpha value is -4.21. The average Bonchev–Trinajstić information content (AvgIpc) is 3.68. The fourth-order valence-electron chi connectivity index (χ4n) is 4.58. The van der Waals surface area contributed by atoms with Crippen molar-refractivity contribution in [3.8, 4) is 54.6 Å². The second-order valence-corrected chi connectivity index (χ2v) is 11.7. The normalized spacial score (nSPS) is 11.8. The smallest absolute Gasteiger partial charge is 0.400 e. The van der Waals surface area contributed by atoms with Crippen LogP contribution in [0.4, 0.5) is 13.2 Å². The number of ether oxygens (including phenoxy) is 2. The number of hydrogen-bond donors (Lipinski definition) is 0. The maximum absolute atomic E-state index is 15.5. The van der Waals surface area contributed by atoms with Crippen molar-refractivity contribution in [3.63, 3.8) is 0 Å². The molecule has 0 fully saturated rings. The fraction of sp³-hybridized carbons (Fsp3) is 0.152. The lowest BCUT2D eigenvalue weighted by Gasteiger charge is -2.21. The molecule has 9 heteroatoms. The number of alkyl halides is 2. The van der Waals surface area contributed by atoms with Gasteiger partial charge in [0.25, 0.3) is 0 Å². The zero-order chi connectivity index (χ0) is 29.4. The predicted octanol–water partition coefficient (Wildman–Crippen LogP) is 10.2. The molecular formula is C33H25F3N2O2S2. The van der Waals surface area contributed by atoms with E-state index >= 15 is 4.39 Å². The van der Waals surface area contributed by atoms with Gasteiger partial charge in [0.2, 0.25) is 0 Å². The molecule has 0 amide bonds. The maximum atomic E-state index is 15.5. The molecule has 0 atom stereocenters. The Morgan fingerprint density at radius 3 is 1.90 bits per heavy atom. The first-order valence-electron chi connectivity index (χ1n) is 13.2. The minimum absolute atomic E-state index is 0.115. The van der Waals surface area contributed by atoms with Crippen molar-refractivity contribution in [2.24, 2.45) is 5.92 Å². The second-order valence-electron chi connectivity index (χ2n) is 10.1. The van der Waals surface area contributed by atoms with Gasteiger partial charge in [-0.05, 0) is 71.3 Å². The van der Waals surface area contributed by atoms with Gasteiger partial charge in [0.05, 0.1) is 24.8 Å². The zero-order valence-electron chi connectivity index (χ0n) is 22.9. The highest BCUT2D eigenvalue weighted by Crippen LogP contribution is 2.41. The van der Waals surface area contributed by atoms with Gasteiger partial charge in [0.1, 0.15) is 28.3 Å². The Kier molecular flexibility index (Phi) is 7.47. The highest BCUT2D eigenvalue weighted by Gasteiger charge is 2.36. The number of halogens is 3. The van der Waals surface area contributed by atoms with Crippen molar-refractivity contribution in [1.82, 2.24) is 8.75 Å². The Balaban J connectivity index is 1.28. The van der Waals surface area contributed by atoms with Crippen LogP contribution in [0.1, 0.15) is 13.8 Å². The molecule has 0 spiro atoms. The first-order valence-corrected chi connectivity index (χ1v) is 14.8. The topological polar surface area (TPSA) is 44.2 Å². The van der Waals surface area contributed by atoms with E-state index in [4.69, 9.17) is 9.47 Å². The summed E-state index contributed by atoms with van der Waals surface area (Å²) in [4.78, 5) is 1.93. The number of rotatable bonds is 8. The summed E-state index contributed by atoms with van der Waals surface area (Å²) in [6, 6.07) is 27.1. The van der Waals surface area contributed by atoms with Crippen molar-refractivity contribution >= 4 is 34.1 Å². The van der Waals surface area contributed by atoms with E-state index in [1.165, 1.54) is 19.9 Å². The number of methoxy groups -OCH3 is 1. The zero-order valence-corrected chi connectivity index (χ0v) is 24.5. The number of nitrogens with zero attached hydrogens (tertiary/aromatic N) is 2. The Morgan fingerprint density at radius 2 is 1.24 bits per heavy atom. The van der Waals surface area contributed by atoms with E-state index in [1.807, 2.05) is 54.6 Å². The summed E-state index contributed by atoms with van der Waals surface area (Å²) in [6.07, 6.45) is -3.24. The van der Waals surface area contributed by atoms with Gasteiger partial charge in [-0.25, -0.2) is 4.39 Å². The van der Waals surface area contributed by atoms with Crippen LogP contribution < -0.4 is 9.47 Å². The molecule has 2 heterocycles. The lowest BCUT2D eigenvalue weighted by atomic mass is 9.97. The molecule has 42 heavy (non-hydrogen) atoms. The minimum Gasteiger partial charge on any atom is -0.497 e. The van der Waals surface area contributed by atoms with Crippen LogP contribution >= 0.6 is 23.1 Å². The molecule has 0 bridgehead atoms. The van der Waals surface area contributed by atoms with Crippen molar-refractivity contribution in [1.29, 1.82) is 0 Å². The highest BCUT2D eigenvalue weighted by atomic mass is 32.1. The summed E-state index contributed by atoms with van der Waals surface area (Å²) >= 11 is 2.64. The summed E-state index contributed by atoms with van der Waals surface area (Å²) in [5.41, 5.74) is 5.89. The summed E-state index contributed by atoms with van der Waals surface area (Å²) in [5.74, 6) is -0.424. The van der Waals surface area contributed by atoms with Gasteiger partial charge >= 0.3 is 6.11 Å². The number of fused-ring (bicyclic) bond motifs is 1.